The Balaban J connectivity index is 1.72. The van der Waals surface area contributed by atoms with E-state index < -0.39 is 0 Å². The van der Waals surface area contributed by atoms with Gasteiger partial charge in [0.05, 0.1) is 0 Å². The van der Waals surface area contributed by atoms with Gasteiger partial charge in [-0.2, -0.15) is 0 Å². The van der Waals surface area contributed by atoms with Crippen LogP contribution >= 0.6 is 0 Å². The van der Waals surface area contributed by atoms with E-state index in [0.29, 0.717) is 18.6 Å². The Morgan fingerprint density at radius 1 is 1.18 bits per heavy atom. The smallest absolute Gasteiger partial charge is 0.231 e. The molecule has 1 aromatic carbocycles. The van der Waals surface area contributed by atoms with Crippen molar-refractivity contribution in [1.82, 2.24) is 4.90 Å². The normalized spacial score (nSPS) is 35.6. The van der Waals surface area contributed by atoms with E-state index in [2.05, 4.69) is 37.0 Å². The fourth-order valence-electron chi connectivity index (χ4n) is 5.37. The summed E-state index contributed by atoms with van der Waals surface area (Å²) < 4.78 is 11.3. The standard InChI is InChI=1S/C19H23NO2/c1-12-10-19-5-3-6-20(19)7-4-14-8-16-17(22-11-21-16)9-15(14)18(19)13(12)2/h8-10,13,18H,3-7,11H2,1-2H3. The van der Waals surface area contributed by atoms with Gasteiger partial charge in [0.1, 0.15) is 0 Å². The van der Waals surface area contributed by atoms with Crippen molar-refractivity contribution in [2.75, 3.05) is 19.9 Å². The number of nitrogens with zero attached hydrogens (tertiary/aromatic N) is 1. The molecule has 3 aliphatic heterocycles. The van der Waals surface area contributed by atoms with Crippen molar-refractivity contribution in [2.45, 2.75) is 44.6 Å². The fourth-order valence-corrected chi connectivity index (χ4v) is 5.37. The van der Waals surface area contributed by atoms with E-state index in [1.807, 2.05) is 0 Å². The van der Waals surface area contributed by atoms with Gasteiger partial charge in [0.15, 0.2) is 11.5 Å². The van der Waals surface area contributed by atoms with Crippen molar-refractivity contribution < 1.29 is 9.47 Å². The van der Waals surface area contributed by atoms with Gasteiger partial charge in [0, 0.05) is 18.0 Å². The Kier molecular flexibility index (Phi) is 2.53. The van der Waals surface area contributed by atoms with Crippen LogP contribution in [0.1, 0.15) is 43.7 Å². The SMILES string of the molecule is CC1=CC23CCCN2CCc2cc4c(cc2C3C1C)OCO4. The van der Waals surface area contributed by atoms with Crippen LogP contribution in [0.5, 0.6) is 11.5 Å². The molecule has 1 fully saturated rings. The van der Waals surface area contributed by atoms with Gasteiger partial charge in [-0.1, -0.05) is 18.6 Å². The summed E-state index contributed by atoms with van der Waals surface area (Å²) in [6.07, 6.45) is 6.35. The van der Waals surface area contributed by atoms with E-state index in [0.717, 1.165) is 17.9 Å². The molecule has 0 amide bonds. The summed E-state index contributed by atoms with van der Waals surface area (Å²) in [5.74, 6) is 3.06. The Bertz CT molecular complexity index is 680. The van der Waals surface area contributed by atoms with Crippen molar-refractivity contribution in [3.05, 3.63) is 34.9 Å². The molecule has 5 rings (SSSR count). The molecule has 0 N–H and O–H groups in total. The van der Waals surface area contributed by atoms with Gasteiger partial charge in [-0.15, -0.1) is 0 Å². The number of hydrogen-bond donors (Lipinski definition) is 0. The molecule has 3 heteroatoms. The highest BCUT2D eigenvalue weighted by Gasteiger charge is 2.53. The summed E-state index contributed by atoms with van der Waals surface area (Å²) in [6, 6.07) is 4.53. The molecule has 1 aliphatic carbocycles. The Morgan fingerprint density at radius 3 is 2.86 bits per heavy atom. The molecule has 4 aliphatic rings. The van der Waals surface area contributed by atoms with Gasteiger partial charge in [0.2, 0.25) is 6.79 Å². The number of benzene rings is 1. The van der Waals surface area contributed by atoms with Crippen LogP contribution in [-0.2, 0) is 6.42 Å². The van der Waals surface area contributed by atoms with E-state index in [9.17, 15) is 0 Å². The summed E-state index contributed by atoms with van der Waals surface area (Å²) in [6.45, 7) is 7.50. The number of hydrogen-bond acceptors (Lipinski definition) is 3. The average Bonchev–Trinajstić information content (AvgIpc) is 3.15. The first-order valence-electron chi connectivity index (χ1n) is 8.56. The van der Waals surface area contributed by atoms with E-state index in [-0.39, 0.29) is 5.54 Å². The number of rotatable bonds is 0. The Morgan fingerprint density at radius 2 is 2.00 bits per heavy atom. The minimum atomic E-state index is 0.252. The molecule has 0 aromatic heterocycles. The topological polar surface area (TPSA) is 21.7 Å². The zero-order valence-electron chi connectivity index (χ0n) is 13.4. The number of fused-ring (bicyclic) bond motifs is 3. The van der Waals surface area contributed by atoms with Crippen LogP contribution in [-0.4, -0.2) is 30.3 Å². The highest BCUT2D eigenvalue weighted by Crippen LogP contribution is 2.56. The molecular formula is C19H23NO2. The second kappa shape index (κ2) is 4.29. The summed E-state index contributed by atoms with van der Waals surface area (Å²) in [7, 11) is 0. The second-order valence-corrected chi connectivity index (χ2v) is 7.39. The van der Waals surface area contributed by atoms with E-state index in [4.69, 9.17) is 9.47 Å². The second-order valence-electron chi connectivity index (χ2n) is 7.39. The van der Waals surface area contributed by atoms with E-state index >= 15 is 0 Å². The first kappa shape index (κ1) is 13.0. The van der Waals surface area contributed by atoms with Crippen molar-refractivity contribution in [1.29, 1.82) is 0 Å². The minimum Gasteiger partial charge on any atom is -0.454 e. The first-order valence-corrected chi connectivity index (χ1v) is 8.56. The average molecular weight is 297 g/mol. The van der Waals surface area contributed by atoms with Crippen LogP contribution in [0.4, 0.5) is 0 Å². The molecule has 22 heavy (non-hydrogen) atoms. The highest BCUT2D eigenvalue weighted by molar-refractivity contribution is 5.54. The molecule has 1 aromatic rings. The maximum Gasteiger partial charge on any atom is 0.231 e. The van der Waals surface area contributed by atoms with Gasteiger partial charge < -0.3 is 9.47 Å². The van der Waals surface area contributed by atoms with Crippen molar-refractivity contribution >= 4 is 0 Å². The minimum absolute atomic E-state index is 0.252. The van der Waals surface area contributed by atoms with Gasteiger partial charge in [-0.3, -0.25) is 4.90 Å². The lowest BCUT2D eigenvalue weighted by molar-refractivity contribution is 0.158. The largest absolute Gasteiger partial charge is 0.454 e. The summed E-state index contributed by atoms with van der Waals surface area (Å²) >= 11 is 0. The molecule has 3 unspecified atom stereocenters. The molecule has 0 bridgehead atoms. The van der Waals surface area contributed by atoms with Crippen molar-refractivity contribution in [3.63, 3.8) is 0 Å². The summed E-state index contributed by atoms with van der Waals surface area (Å²) in [4.78, 5) is 2.75. The molecule has 0 saturated carbocycles. The van der Waals surface area contributed by atoms with Crippen LogP contribution < -0.4 is 9.47 Å². The van der Waals surface area contributed by atoms with Crippen LogP contribution in [0.2, 0.25) is 0 Å². The van der Waals surface area contributed by atoms with Crippen LogP contribution in [0.25, 0.3) is 0 Å². The lowest BCUT2D eigenvalue weighted by Gasteiger charge is -2.39. The third kappa shape index (κ3) is 1.50. The van der Waals surface area contributed by atoms with Crippen LogP contribution in [0.15, 0.2) is 23.8 Å². The predicted molar refractivity (Wildman–Crippen MR) is 85.5 cm³/mol. The summed E-state index contributed by atoms with van der Waals surface area (Å²) in [5.41, 5.74) is 4.79. The first-order chi connectivity index (χ1) is 10.7. The van der Waals surface area contributed by atoms with Gasteiger partial charge in [0.25, 0.3) is 0 Å². The highest BCUT2D eigenvalue weighted by atomic mass is 16.7. The Labute approximate surface area is 131 Å². The third-order valence-electron chi connectivity index (χ3n) is 6.45. The van der Waals surface area contributed by atoms with Crippen LogP contribution in [0, 0.1) is 5.92 Å². The maximum atomic E-state index is 5.67. The quantitative estimate of drug-likeness (QED) is 0.684. The lowest BCUT2D eigenvalue weighted by Crippen LogP contribution is -2.45. The molecule has 3 heterocycles. The number of ether oxygens (including phenoxy) is 2. The van der Waals surface area contributed by atoms with E-state index in [1.165, 1.54) is 37.1 Å². The monoisotopic (exact) mass is 297 g/mol. The van der Waals surface area contributed by atoms with E-state index in [1.54, 1.807) is 5.57 Å². The zero-order chi connectivity index (χ0) is 14.9. The van der Waals surface area contributed by atoms with Gasteiger partial charge >= 0.3 is 0 Å². The van der Waals surface area contributed by atoms with Crippen molar-refractivity contribution in [3.8, 4) is 11.5 Å². The van der Waals surface area contributed by atoms with Gasteiger partial charge in [-0.05, 0) is 61.9 Å². The van der Waals surface area contributed by atoms with Crippen LogP contribution in [0.3, 0.4) is 0 Å². The molecule has 1 saturated heterocycles. The van der Waals surface area contributed by atoms with Gasteiger partial charge in [-0.25, -0.2) is 0 Å². The molecule has 0 radical (unpaired) electrons. The Hall–Kier alpha value is -1.48. The van der Waals surface area contributed by atoms with Crippen molar-refractivity contribution in [2.24, 2.45) is 5.92 Å². The molecule has 1 spiro atoms. The predicted octanol–water partition coefficient (Wildman–Crippen LogP) is 3.49. The lowest BCUT2D eigenvalue weighted by atomic mass is 9.74. The number of allylic oxidation sites excluding steroid dienone is 1. The molecular weight excluding hydrogens is 274 g/mol. The third-order valence-corrected chi connectivity index (χ3v) is 6.45. The fraction of sp³-hybridized carbons (Fsp3) is 0.579. The summed E-state index contributed by atoms with van der Waals surface area (Å²) in [5, 5.41) is 0. The molecule has 3 atom stereocenters. The molecule has 3 nitrogen and oxygen atoms in total. The maximum absolute atomic E-state index is 5.67. The molecule has 116 valence electrons. The zero-order valence-corrected chi connectivity index (χ0v) is 13.4.